The molecule has 3 aromatic rings. The normalized spacial score (nSPS) is 19.4. The van der Waals surface area contributed by atoms with Crippen molar-refractivity contribution in [2.75, 3.05) is 0 Å². The van der Waals surface area contributed by atoms with E-state index in [-0.39, 0.29) is 0 Å². The Hall–Kier alpha value is -2.68. The van der Waals surface area contributed by atoms with E-state index in [9.17, 15) is 0 Å². The van der Waals surface area contributed by atoms with E-state index in [1.54, 1.807) is 0 Å². The topological polar surface area (TPSA) is 38.4 Å². The number of aliphatic imine (C=N–C) groups is 1. The molecule has 0 amide bonds. The van der Waals surface area contributed by atoms with Gasteiger partial charge in [0.2, 0.25) is 0 Å². The highest BCUT2D eigenvalue weighted by molar-refractivity contribution is 5.83. The second-order valence-electron chi connectivity index (χ2n) is 7.87. The van der Waals surface area contributed by atoms with Crippen LogP contribution in [0.5, 0.6) is 0 Å². The van der Waals surface area contributed by atoms with Gasteiger partial charge in [-0.15, -0.1) is 0 Å². The third kappa shape index (κ3) is 3.01. The molecule has 1 atom stereocenters. The summed E-state index contributed by atoms with van der Waals surface area (Å²) in [7, 11) is 0. The third-order valence-electron chi connectivity index (χ3n) is 6.14. The summed E-state index contributed by atoms with van der Waals surface area (Å²) in [5.74, 6) is 2.07. The molecule has 5 rings (SSSR count). The van der Waals surface area contributed by atoms with Gasteiger partial charge < -0.3 is 4.52 Å². The number of benzene rings is 2. The minimum absolute atomic E-state index is 0.495. The van der Waals surface area contributed by atoms with Gasteiger partial charge in [0.15, 0.2) is 5.76 Å². The van der Waals surface area contributed by atoms with Gasteiger partial charge in [-0.25, -0.2) is 0 Å². The average molecular weight is 356 g/mol. The van der Waals surface area contributed by atoms with E-state index in [1.165, 1.54) is 43.2 Å². The summed E-state index contributed by atoms with van der Waals surface area (Å²) >= 11 is 0. The molecule has 2 heterocycles. The summed E-state index contributed by atoms with van der Waals surface area (Å²) in [5, 5.41) is 4.31. The van der Waals surface area contributed by atoms with Crippen LogP contribution in [0.4, 0.5) is 5.69 Å². The average Bonchev–Trinajstić information content (AvgIpc) is 3.36. The summed E-state index contributed by atoms with van der Waals surface area (Å²) in [6, 6.07) is 16.8. The van der Waals surface area contributed by atoms with Gasteiger partial charge in [0.25, 0.3) is 0 Å². The van der Waals surface area contributed by atoms with E-state index >= 15 is 0 Å². The first kappa shape index (κ1) is 16.5. The van der Waals surface area contributed by atoms with Crippen molar-refractivity contribution in [3.8, 4) is 22.6 Å². The zero-order valence-corrected chi connectivity index (χ0v) is 15.7. The van der Waals surface area contributed by atoms with Gasteiger partial charge in [-0.2, -0.15) is 0 Å². The molecule has 136 valence electrons. The first-order valence-electron chi connectivity index (χ1n) is 10.0. The Morgan fingerprint density at radius 2 is 1.81 bits per heavy atom. The zero-order valence-electron chi connectivity index (χ0n) is 15.7. The number of hydrogen-bond acceptors (Lipinski definition) is 3. The molecule has 1 aromatic heterocycles. The maximum Gasteiger partial charge on any atom is 0.167 e. The van der Waals surface area contributed by atoms with Crippen LogP contribution in [-0.4, -0.2) is 11.4 Å². The number of fused-ring (bicyclic) bond motifs is 1. The SMILES string of the molecule is Cc1ccccc1-c1cc(-c2ccc3c(c2)N=CC3C2CCCCC2)no1. The molecule has 0 bridgehead atoms. The molecule has 3 nitrogen and oxygen atoms in total. The molecule has 1 aliphatic heterocycles. The molecule has 2 aliphatic rings. The maximum atomic E-state index is 5.63. The van der Waals surface area contributed by atoms with Crippen LogP contribution in [0, 0.1) is 12.8 Å². The van der Waals surface area contributed by atoms with Gasteiger partial charge in [-0.1, -0.05) is 60.8 Å². The van der Waals surface area contributed by atoms with E-state index in [1.807, 2.05) is 18.2 Å². The number of aryl methyl sites for hydroxylation is 1. The minimum Gasteiger partial charge on any atom is -0.356 e. The molecule has 1 fully saturated rings. The van der Waals surface area contributed by atoms with Crippen LogP contribution in [0.3, 0.4) is 0 Å². The van der Waals surface area contributed by atoms with Crippen LogP contribution in [-0.2, 0) is 0 Å². The predicted octanol–water partition coefficient (Wildman–Crippen LogP) is 6.70. The Balaban J connectivity index is 1.43. The van der Waals surface area contributed by atoms with Gasteiger partial charge in [0, 0.05) is 29.3 Å². The summed E-state index contributed by atoms with van der Waals surface area (Å²) in [6.45, 7) is 2.09. The Labute approximate surface area is 160 Å². The molecule has 0 saturated heterocycles. The first-order valence-corrected chi connectivity index (χ1v) is 10.0. The third-order valence-corrected chi connectivity index (χ3v) is 6.14. The van der Waals surface area contributed by atoms with Crippen LogP contribution in [0.15, 0.2) is 58.0 Å². The standard InChI is InChI=1S/C24H24N2O/c1-16-7-5-6-10-19(16)24-14-22(26-27-24)18-11-12-20-21(15-25-23(20)13-18)17-8-3-2-4-9-17/h5-7,10-15,17,21H,2-4,8-9H2,1H3. The molecule has 1 unspecified atom stereocenters. The lowest BCUT2D eigenvalue weighted by atomic mass is 9.78. The lowest BCUT2D eigenvalue weighted by Gasteiger charge is -2.26. The summed E-state index contributed by atoms with van der Waals surface area (Å²) < 4.78 is 5.63. The van der Waals surface area contributed by atoms with Crippen LogP contribution in [0.25, 0.3) is 22.6 Å². The predicted molar refractivity (Wildman–Crippen MR) is 110 cm³/mol. The largest absolute Gasteiger partial charge is 0.356 e. The highest BCUT2D eigenvalue weighted by atomic mass is 16.5. The monoisotopic (exact) mass is 356 g/mol. The van der Waals surface area contributed by atoms with Crippen LogP contribution < -0.4 is 0 Å². The quantitative estimate of drug-likeness (QED) is 0.524. The van der Waals surface area contributed by atoms with Crippen molar-refractivity contribution in [1.29, 1.82) is 0 Å². The fraction of sp³-hybridized carbons (Fsp3) is 0.333. The van der Waals surface area contributed by atoms with Gasteiger partial charge in [-0.05, 0) is 42.9 Å². The number of aromatic nitrogens is 1. The van der Waals surface area contributed by atoms with Crippen molar-refractivity contribution in [1.82, 2.24) is 5.16 Å². The number of hydrogen-bond donors (Lipinski definition) is 0. The highest BCUT2D eigenvalue weighted by Gasteiger charge is 2.28. The van der Waals surface area contributed by atoms with E-state index in [0.717, 1.165) is 34.2 Å². The van der Waals surface area contributed by atoms with Crippen molar-refractivity contribution >= 4 is 11.9 Å². The van der Waals surface area contributed by atoms with Gasteiger partial charge in [-0.3, -0.25) is 4.99 Å². The van der Waals surface area contributed by atoms with Crippen LogP contribution >= 0.6 is 0 Å². The second-order valence-corrected chi connectivity index (χ2v) is 7.87. The molecule has 1 aliphatic carbocycles. The number of rotatable bonds is 3. The second kappa shape index (κ2) is 6.80. The smallest absolute Gasteiger partial charge is 0.167 e. The highest BCUT2D eigenvalue weighted by Crippen LogP contribution is 2.43. The van der Waals surface area contributed by atoms with Crippen molar-refractivity contribution in [3.05, 3.63) is 59.7 Å². The Bertz CT molecular complexity index is 995. The Morgan fingerprint density at radius 1 is 0.963 bits per heavy atom. The molecule has 27 heavy (non-hydrogen) atoms. The molecule has 1 saturated carbocycles. The molecule has 2 aromatic carbocycles. The maximum absolute atomic E-state index is 5.63. The van der Waals surface area contributed by atoms with Crippen molar-refractivity contribution in [2.45, 2.75) is 44.9 Å². The number of nitrogens with zero attached hydrogens (tertiary/aromatic N) is 2. The molecule has 0 radical (unpaired) electrons. The van der Waals surface area contributed by atoms with Crippen LogP contribution in [0.1, 0.15) is 49.1 Å². The molecule has 3 heteroatoms. The van der Waals surface area contributed by atoms with E-state index in [2.05, 4.69) is 48.6 Å². The van der Waals surface area contributed by atoms with Crippen molar-refractivity contribution in [3.63, 3.8) is 0 Å². The lowest BCUT2D eigenvalue weighted by Crippen LogP contribution is -2.15. The molecular formula is C24H24N2O. The molecule has 0 spiro atoms. The van der Waals surface area contributed by atoms with Crippen molar-refractivity contribution < 1.29 is 4.52 Å². The molecular weight excluding hydrogens is 332 g/mol. The fourth-order valence-electron chi connectivity index (χ4n) is 4.59. The van der Waals surface area contributed by atoms with Gasteiger partial charge in [0.05, 0.1) is 5.69 Å². The minimum atomic E-state index is 0.495. The van der Waals surface area contributed by atoms with Gasteiger partial charge in [0.1, 0.15) is 5.69 Å². The van der Waals surface area contributed by atoms with Crippen LogP contribution in [0.2, 0.25) is 0 Å². The fourth-order valence-corrected chi connectivity index (χ4v) is 4.59. The van der Waals surface area contributed by atoms with E-state index in [4.69, 9.17) is 9.52 Å². The Morgan fingerprint density at radius 3 is 2.67 bits per heavy atom. The summed E-state index contributed by atoms with van der Waals surface area (Å²) in [5.41, 5.74) is 6.70. The summed E-state index contributed by atoms with van der Waals surface area (Å²) in [6.07, 6.45) is 8.96. The van der Waals surface area contributed by atoms with Crippen molar-refractivity contribution in [2.24, 2.45) is 10.9 Å². The lowest BCUT2D eigenvalue weighted by molar-refractivity contribution is 0.345. The van der Waals surface area contributed by atoms with E-state index in [0.29, 0.717) is 5.92 Å². The van der Waals surface area contributed by atoms with E-state index < -0.39 is 0 Å². The van der Waals surface area contributed by atoms with Gasteiger partial charge >= 0.3 is 0 Å². The first-order chi connectivity index (χ1) is 13.3. The Kier molecular flexibility index (Phi) is 4.16. The molecule has 0 N–H and O–H groups in total. The summed E-state index contributed by atoms with van der Waals surface area (Å²) in [4.78, 5) is 4.74. The zero-order chi connectivity index (χ0) is 18.2.